The molecule has 0 atom stereocenters. The van der Waals surface area contributed by atoms with Crippen molar-refractivity contribution in [2.45, 2.75) is 97.4 Å². The van der Waals surface area contributed by atoms with E-state index in [9.17, 15) is 14.7 Å². The molecule has 0 aliphatic heterocycles. The Kier molecular flexibility index (Phi) is 11.6. The number of unbranched alkanes of at least 4 members (excludes halogenated alkanes) is 8. The van der Waals surface area contributed by atoms with Crippen molar-refractivity contribution in [3.8, 4) is 5.88 Å². The Morgan fingerprint density at radius 2 is 1.65 bits per heavy atom. The molecule has 150 valence electrons. The molecule has 0 saturated carbocycles. The molecule has 26 heavy (non-hydrogen) atoms. The number of esters is 1. The fourth-order valence-corrected chi connectivity index (χ4v) is 3.18. The summed E-state index contributed by atoms with van der Waals surface area (Å²) in [5.74, 6) is -0.119. The summed E-state index contributed by atoms with van der Waals surface area (Å²) in [5, 5.41) is 9.98. The second-order valence-corrected chi connectivity index (χ2v) is 6.86. The molecule has 0 aromatic carbocycles. The lowest BCUT2D eigenvalue weighted by Crippen LogP contribution is -2.19. The van der Waals surface area contributed by atoms with Gasteiger partial charge in [-0.25, -0.2) is 4.79 Å². The lowest BCUT2D eigenvalue weighted by molar-refractivity contribution is -0.143. The Labute approximate surface area is 157 Å². The van der Waals surface area contributed by atoms with Gasteiger partial charge in [-0.15, -0.1) is 0 Å². The van der Waals surface area contributed by atoms with Crippen molar-refractivity contribution in [1.29, 1.82) is 0 Å². The molecule has 0 bridgehead atoms. The molecule has 6 nitrogen and oxygen atoms in total. The maximum atomic E-state index is 12.0. The zero-order valence-corrected chi connectivity index (χ0v) is 16.5. The van der Waals surface area contributed by atoms with Crippen LogP contribution in [0.15, 0.2) is 4.79 Å². The van der Waals surface area contributed by atoms with E-state index in [1.807, 2.05) is 6.92 Å². The number of imidazole rings is 1. The first kappa shape index (κ1) is 22.3. The zero-order chi connectivity index (χ0) is 19.2. The Morgan fingerprint density at radius 3 is 2.38 bits per heavy atom. The van der Waals surface area contributed by atoms with Gasteiger partial charge in [0.15, 0.2) is 0 Å². The minimum atomic E-state index is -0.227. The lowest BCUT2D eigenvalue weighted by Gasteiger charge is -2.08. The predicted octanol–water partition coefficient (Wildman–Crippen LogP) is 4.30. The fraction of sp³-hybridized carbons (Fsp3) is 0.800. The van der Waals surface area contributed by atoms with Crippen molar-refractivity contribution in [3.63, 3.8) is 0 Å². The van der Waals surface area contributed by atoms with E-state index >= 15 is 0 Å². The maximum Gasteiger partial charge on any atom is 0.328 e. The molecule has 1 aromatic rings. The van der Waals surface area contributed by atoms with Gasteiger partial charge in [-0.2, -0.15) is 0 Å². The SMILES string of the molecule is CCCCCCCCc1c(O)[nH]c(=O)n1CCCCCCC(=O)OCC. The molecule has 1 heterocycles. The van der Waals surface area contributed by atoms with E-state index < -0.39 is 0 Å². The summed E-state index contributed by atoms with van der Waals surface area (Å²) in [6.07, 6.45) is 11.9. The fourth-order valence-electron chi connectivity index (χ4n) is 3.18. The first-order chi connectivity index (χ1) is 12.6. The number of aromatic nitrogens is 2. The van der Waals surface area contributed by atoms with E-state index in [0.29, 0.717) is 19.6 Å². The lowest BCUT2D eigenvalue weighted by atomic mass is 10.1. The number of aromatic hydroxyl groups is 1. The summed E-state index contributed by atoms with van der Waals surface area (Å²) >= 11 is 0. The molecule has 0 aliphatic rings. The topological polar surface area (TPSA) is 84.3 Å². The summed E-state index contributed by atoms with van der Waals surface area (Å²) < 4.78 is 6.58. The normalized spacial score (nSPS) is 11.0. The van der Waals surface area contributed by atoms with Gasteiger partial charge in [-0.3, -0.25) is 14.3 Å². The van der Waals surface area contributed by atoms with Gasteiger partial charge in [0.05, 0.1) is 12.3 Å². The number of carbonyl (C=O) groups is 1. The molecular formula is C20H36N2O4. The molecule has 0 saturated heterocycles. The maximum absolute atomic E-state index is 12.0. The van der Waals surface area contributed by atoms with Crippen molar-refractivity contribution in [1.82, 2.24) is 9.55 Å². The van der Waals surface area contributed by atoms with Crippen LogP contribution in [0.25, 0.3) is 0 Å². The van der Waals surface area contributed by atoms with Gasteiger partial charge in [0.1, 0.15) is 0 Å². The number of ether oxygens (including phenoxy) is 1. The van der Waals surface area contributed by atoms with Crippen molar-refractivity contribution in [3.05, 3.63) is 16.2 Å². The summed E-state index contributed by atoms with van der Waals surface area (Å²) in [4.78, 5) is 25.8. The molecule has 0 radical (unpaired) electrons. The average molecular weight is 369 g/mol. The van der Waals surface area contributed by atoms with Gasteiger partial charge in [0.25, 0.3) is 0 Å². The number of nitrogens with zero attached hydrogens (tertiary/aromatic N) is 1. The van der Waals surface area contributed by atoms with Gasteiger partial charge in [-0.05, 0) is 32.6 Å². The van der Waals surface area contributed by atoms with Crippen LogP contribution in [0.5, 0.6) is 5.88 Å². The third-order valence-electron chi connectivity index (χ3n) is 4.65. The molecule has 0 aliphatic carbocycles. The van der Waals surface area contributed by atoms with Crippen molar-refractivity contribution in [2.75, 3.05) is 6.61 Å². The van der Waals surface area contributed by atoms with E-state index in [4.69, 9.17) is 4.74 Å². The highest BCUT2D eigenvalue weighted by Crippen LogP contribution is 2.17. The number of hydrogen-bond donors (Lipinski definition) is 2. The zero-order valence-electron chi connectivity index (χ0n) is 16.5. The summed E-state index contributed by atoms with van der Waals surface area (Å²) in [7, 11) is 0. The highest BCUT2D eigenvalue weighted by atomic mass is 16.5. The van der Waals surface area contributed by atoms with Crippen LogP contribution < -0.4 is 5.69 Å². The van der Waals surface area contributed by atoms with Crippen molar-refractivity contribution < 1.29 is 14.6 Å². The quantitative estimate of drug-likeness (QED) is 0.357. The highest BCUT2D eigenvalue weighted by Gasteiger charge is 2.12. The summed E-state index contributed by atoms with van der Waals surface area (Å²) in [6, 6.07) is 0. The third-order valence-corrected chi connectivity index (χ3v) is 4.65. The number of hydrogen-bond acceptors (Lipinski definition) is 4. The Bertz CT molecular complexity index is 563. The van der Waals surface area contributed by atoms with Gasteiger partial charge in [0.2, 0.25) is 5.88 Å². The monoisotopic (exact) mass is 368 g/mol. The van der Waals surface area contributed by atoms with Gasteiger partial charge >= 0.3 is 11.7 Å². The number of aromatic amines is 1. The van der Waals surface area contributed by atoms with E-state index in [-0.39, 0.29) is 17.5 Å². The van der Waals surface area contributed by atoms with E-state index in [1.54, 1.807) is 4.57 Å². The molecule has 0 amide bonds. The van der Waals surface area contributed by atoms with Gasteiger partial charge in [-0.1, -0.05) is 51.9 Å². The minimum Gasteiger partial charge on any atom is -0.493 e. The van der Waals surface area contributed by atoms with E-state index in [1.165, 1.54) is 25.7 Å². The van der Waals surface area contributed by atoms with Crippen LogP contribution in [0, 0.1) is 0 Å². The standard InChI is InChI=1S/C20H36N2O4/c1-3-5-6-7-8-11-14-17-19(24)21-20(25)22(17)16-13-10-9-12-15-18(23)26-4-2/h24H,3-16H2,1-2H3,(H,21,25). The minimum absolute atomic E-state index is 0.0193. The van der Waals surface area contributed by atoms with E-state index in [0.717, 1.165) is 50.6 Å². The van der Waals surface area contributed by atoms with Crippen molar-refractivity contribution in [2.24, 2.45) is 0 Å². The van der Waals surface area contributed by atoms with Crippen LogP contribution in [0.4, 0.5) is 0 Å². The van der Waals surface area contributed by atoms with Crippen LogP contribution in [-0.2, 0) is 22.5 Å². The Balaban J connectivity index is 2.30. The smallest absolute Gasteiger partial charge is 0.328 e. The average Bonchev–Trinajstić information content (AvgIpc) is 2.87. The number of rotatable bonds is 15. The van der Waals surface area contributed by atoms with Gasteiger partial charge in [0, 0.05) is 13.0 Å². The molecule has 1 aromatic heterocycles. The molecule has 1 rings (SSSR count). The first-order valence-corrected chi connectivity index (χ1v) is 10.3. The number of H-pyrrole nitrogens is 1. The first-order valence-electron chi connectivity index (χ1n) is 10.3. The Morgan fingerprint density at radius 1 is 1.00 bits per heavy atom. The molecule has 0 fully saturated rings. The van der Waals surface area contributed by atoms with Gasteiger partial charge < -0.3 is 9.84 Å². The number of carbonyl (C=O) groups excluding carboxylic acids is 1. The second kappa shape index (κ2) is 13.5. The Hall–Kier alpha value is -1.72. The molecule has 0 spiro atoms. The van der Waals surface area contributed by atoms with Crippen LogP contribution in [0.1, 0.15) is 90.2 Å². The van der Waals surface area contributed by atoms with Crippen LogP contribution >= 0.6 is 0 Å². The number of nitrogens with one attached hydrogen (secondary N) is 1. The summed E-state index contributed by atoms with van der Waals surface area (Å²) in [5.41, 5.74) is 0.507. The molecular weight excluding hydrogens is 332 g/mol. The van der Waals surface area contributed by atoms with Crippen LogP contribution in [-0.4, -0.2) is 27.2 Å². The molecule has 2 N–H and O–H groups in total. The van der Waals surface area contributed by atoms with Crippen LogP contribution in [0.2, 0.25) is 0 Å². The second-order valence-electron chi connectivity index (χ2n) is 6.86. The van der Waals surface area contributed by atoms with Crippen LogP contribution in [0.3, 0.4) is 0 Å². The predicted molar refractivity (Wildman–Crippen MR) is 104 cm³/mol. The third kappa shape index (κ3) is 8.59. The highest BCUT2D eigenvalue weighted by molar-refractivity contribution is 5.69. The summed E-state index contributed by atoms with van der Waals surface area (Å²) in [6.45, 7) is 5.05. The molecule has 0 unspecified atom stereocenters. The van der Waals surface area contributed by atoms with E-state index in [2.05, 4.69) is 11.9 Å². The van der Waals surface area contributed by atoms with Crippen molar-refractivity contribution >= 4 is 5.97 Å². The molecule has 6 heteroatoms. The largest absolute Gasteiger partial charge is 0.493 e.